The van der Waals surface area contributed by atoms with E-state index >= 15 is 0 Å². The Bertz CT molecular complexity index is 485. The van der Waals surface area contributed by atoms with Crippen LogP contribution in [-0.4, -0.2) is 13.1 Å². The Kier molecular flexibility index (Phi) is 3.07. The highest BCUT2D eigenvalue weighted by molar-refractivity contribution is 9.10. The van der Waals surface area contributed by atoms with Crippen molar-refractivity contribution in [3.8, 4) is 0 Å². The maximum absolute atomic E-state index is 3.50. The fraction of sp³-hybridized carbons (Fsp3) is 0.286. The molecule has 0 amide bonds. The van der Waals surface area contributed by atoms with Crippen LogP contribution in [0, 0.1) is 0 Å². The fourth-order valence-electron chi connectivity index (χ4n) is 2.45. The number of rotatable bonds is 3. The number of hydrogen-bond donors (Lipinski definition) is 1. The Balaban J connectivity index is 1.89. The van der Waals surface area contributed by atoms with Crippen molar-refractivity contribution in [3.05, 3.63) is 56.7 Å². The highest BCUT2D eigenvalue weighted by atomic mass is 79.9. The van der Waals surface area contributed by atoms with Gasteiger partial charge in [-0.2, -0.15) is 11.3 Å². The molecule has 1 saturated heterocycles. The van der Waals surface area contributed by atoms with Gasteiger partial charge in [-0.25, -0.2) is 0 Å². The highest BCUT2D eigenvalue weighted by Gasteiger charge is 2.38. The van der Waals surface area contributed by atoms with Crippen LogP contribution in [0.3, 0.4) is 0 Å². The van der Waals surface area contributed by atoms with E-state index in [0.717, 1.165) is 24.0 Å². The quantitative estimate of drug-likeness (QED) is 0.913. The van der Waals surface area contributed by atoms with Crippen molar-refractivity contribution < 1.29 is 0 Å². The summed E-state index contributed by atoms with van der Waals surface area (Å²) in [6.07, 6.45) is 1.14. The Labute approximate surface area is 114 Å². The lowest BCUT2D eigenvalue weighted by Gasteiger charge is -2.43. The molecular weight excluding hydrogens is 294 g/mol. The zero-order valence-electron chi connectivity index (χ0n) is 9.45. The van der Waals surface area contributed by atoms with Gasteiger partial charge in [-0.15, -0.1) is 0 Å². The second kappa shape index (κ2) is 4.56. The summed E-state index contributed by atoms with van der Waals surface area (Å²) in [5, 5.41) is 7.85. The Morgan fingerprint density at radius 2 is 1.94 bits per heavy atom. The normalized spacial score (nSPS) is 17.7. The third-order valence-electron chi connectivity index (χ3n) is 3.51. The van der Waals surface area contributed by atoms with Gasteiger partial charge in [0.05, 0.1) is 0 Å². The van der Waals surface area contributed by atoms with Crippen LogP contribution in [0.5, 0.6) is 0 Å². The molecule has 0 saturated carbocycles. The summed E-state index contributed by atoms with van der Waals surface area (Å²) < 4.78 is 1.15. The molecule has 0 atom stereocenters. The van der Waals surface area contributed by atoms with Crippen LogP contribution < -0.4 is 5.32 Å². The molecule has 0 unspecified atom stereocenters. The molecule has 17 heavy (non-hydrogen) atoms. The molecule has 88 valence electrons. The van der Waals surface area contributed by atoms with E-state index in [-0.39, 0.29) is 0 Å². The summed E-state index contributed by atoms with van der Waals surface area (Å²) in [5.41, 5.74) is 3.21. The maximum atomic E-state index is 3.50. The molecule has 3 heteroatoms. The van der Waals surface area contributed by atoms with Gasteiger partial charge < -0.3 is 5.32 Å². The van der Waals surface area contributed by atoms with Crippen LogP contribution in [0.15, 0.2) is 45.6 Å². The topological polar surface area (TPSA) is 12.0 Å². The lowest BCUT2D eigenvalue weighted by molar-refractivity contribution is 0.275. The molecular formula is C14H14BrNS. The summed E-state index contributed by atoms with van der Waals surface area (Å²) in [5.74, 6) is 0. The van der Waals surface area contributed by atoms with Gasteiger partial charge in [-0.1, -0.05) is 28.1 Å². The van der Waals surface area contributed by atoms with Crippen LogP contribution in [0.1, 0.15) is 11.1 Å². The summed E-state index contributed by atoms with van der Waals surface area (Å²) in [7, 11) is 0. The standard InChI is InChI=1S/C14H14BrNS/c15-13-3-1-12(2-4-13)14(9-16-10-14)7-11-5-6-17-8-11/h1-6,8,16H,7,9-10H2. The minimum absolute atomic E-state index is 0.307. The molecule has 1 N–H and O–H groups in total. The van der Waals surface area contributed by atoms with Crippen molar-refractivity contribution in [1.29, 1.82) is 0 Å². The average Bonchev–Trinajstić information content (AvgIpc) is 2.77. The summed E-state index contributed by atoms with van der Waals surface area (Å²) in [4.78, 5) is 0. The second-order valence-electron chi connectivity index (χ2n) is 4.70. The van der Waals surface area contributed by atoms with Crippen LogP contribution in [0.25, 0.3) is 0 Å². The van der Waals surface area contributed by atoms with Gasteiger partial charge in [0.15, 0.2) is 0 Å². The number of benzene rings is 1. The minimum atomic E-state index is 0.307. The molecule has 0 spiro atoms. The van der Waals surface area contributed by atoms with E-state index in [2.05, 4.69) is 62.3 Å². The van der Waals surface area contributed by atoms with Crippen LogP contribution in [0.4, 0.5) is 0 Å². The first-order valence-electron chi connectivity index (χ1n) is 5.76. The number of hydrogen-bond acceptors (Lipinski definition) is 2. The molecule has 0 radical (unpaired) electrons. The Hall–Kier alpha value is -0.640. The zero-order chi connectivity index (χ0) is 11.7. The van der Waals surface area contributed by atoms with E-state index in [1.807, 2.05) is 0 Å². The largest absolute Gasteiger partial charge is 0.315 e. The van der Waals surface area contributed by atoms with Crippen molar-refractivity contribution in [2.45, 2.75) is 11.8 Å². The average molecular weight is 308 g/mol. The zero-order valence-corrected chi connectivity index (χ0v) is 11.9. The predicted octanol–water partition coefficient (Wildman–Crippen LogP) is 3.59. The van der Waals surface area contributed by atoms with Gasteiger partial charge in [0, 0.05) is 23.0 Å². The molecule has 0 bridgehead atoms. The third-order valence-corrected chi connectivity index (χ3v) is 4.77. The van der Waals surface area contributed by atoms with Crippen molar-refractivity contribution in [1.82, 2.24) is 5.32 Å². The van der Waals surface area contributed by atoms with Crippen molar-refractivity contribution in [3.63, 3.8) is 0 Å². The lowest BCUT2D eigenvalue weighted by atomic mass is 9.71. The first kappa shape index (κ1) is 11.5. The second-order valence-corrected chi connectivity index (χ2v) is 6.39. The van der Waals surface area contributed by atoms with Gasteiger partial charge in [0.1, 0.15) is 0 Å². The molecule has 1 fully saturated rings. The number of halogens is 1. The minimum Gasteiger partial charge on any atom is -0.315 e. The monoisotopic (exact) mass is 307 g/mol. The van der Waals surface area contributed by atoms with Crippen molar-refractivity contribution in [2.24, 2.45) is 0 Å². The van der Waals surface area contributed by atoms with E-state index in [9.17, 15) is 0 Å². The smallest absolute Gasteiger partial charge is 0.0243 e. The highest BCUT2D eigenvalue weighted by Crippen LogP contribution is 2.33. The SMILES string of the molecule is Brc1ccc(C2(Cc3ccsc3)CNC2)cc1. The summed E-state index contributed by atoms with van der Waals surface area (Å²) in [6, 6.07) is 11.0. The van der Waals surface area contributed by atoms with Crippen LogP contribution in [-0.2, 0) is 11.8 Å². The Morgan fingerprint density at radius 3 is 2.47 bits per heavy atom. The van der Waals surface area contributed by atoms with Crippen LogP contribution in [0.2, 0.25) is 0 Å². The number of nitrogens with one attached hydrogen (secondary N) is 1. The van der Waals surface area contributed by atoms with Gasteiger partial charge in [0.25, 0.3) is 0 Å². The molecule has 1 aromatic carbocycles. The summed E-state index contributed by atoms with van der Waals surface area (Å²) in [6.45, 7) is 2.18. The molecule has 0 aliphatic carbocycles. The van der Waals surface area contributed by atoms with Crippen molar-refractivity contribution in [2.75, 3.05) is 13.1 Å². The molecule has 1 aliphatic heterocycles. The Morgan fingerprint density at radius 1 is 1.18 bits per heavy atom. The third kappa shape index (κ3) is 2.19. The van der Waals surface area contributed by atoms with Gasteiger partial charge >= 0.3 is 0 Å². The first-order valence-corrected chi connectivity index (χ1v) is 7.50. The molecule has 1 aliphatic rings. The van der Waals surface area contributed by atoms with E-state index in [1.165, 1.54) is 11.1 Å². The molecule has 2 heterocycles. The summed E-state index contributed by atoms with van der Waals surface area (Å²) >= 11 is 5.28. The molecule has 2 aromatic rings. The van der Waals surface area contributed by atoms with E-state index in [0.29, 0.717) is 5.41 Å². The first-order chi connectivity index (χ1) is 8.28. The molecule has 1 nitrogen and oxygen atoms in total. The lowest BCUT2D eigenvalue weighted by Crippen LogP contribution is -2.58. The van der Waals surface area contributed by atoms with E-state index < -0.39 is 0 Å². The predicted molar refractivity (Wildman–Crippen MR) is 76.7 cm³/mol. The van der Waals surface area contributed by atoms with Crippen LogP contribution >= 0.6 is 27.3 Å². The van der Waals surface area contributed by atoms with Crippen molar-refractivity contribution >= 4 is 27.3 Å². The number of thiophene rings is 1. The van der Waals surface area contributed by atoms with Gasteiger partial charge in [-0.05, 0) is 46.5 Å². The molecule has 3 rings (SSSR count). The van der Waals surface area contributed by atoms with Gasteiger partial charge in [0.2, 0.25) is 0 Å². The van der Waals surface area contributed by atoms with E-state index in [4.69, 9.17) is 0 Å². The van der Waals surface area contributed by atoms with Gasteiger partial charge in [-0.3, -0.25) is 0 Å². The molecule has 1 aromatic heterocycles. The maximum Gasteiger partial charge on any atom is 0.0243 e. The fourth-order valence-corrected chi connectivity index (χ4v) is 3.38. The van der Waals surface area contributed by atoms with E-state index in [1.54, 1.807) is 11.3 Å².